The first kappa shape index (κ1) is 21.1. The van der Waals surface area contributed by atoms with Gasteiger partial charge in [-0.15, -0.1) is 0 Å². The molecule has 146 valence electrons. The van der Waals surface area contributed by atoms with E-state index in [0.29, 0.717) is 16.3 Å². The molecule has 2 rings (SSSR count). The lowest BCUT2D eigenvalue weighted by atomic mass is 10.1. The van der Waals surface area contributed by atoms with Crippen LogP contribution in [0.5, 0.6) is 5.75 Å². The SMILES string of the molecule is COc1ccc(CNC(=O)[C@H](C)N(c2cc(Cl)ccc2C)S(C)(=O)=O)cc1. The summed E-state index contributed by atoms with van der Waals surface area (Å²) in [5, 5.41) is 3.17. The second kappa shape index (κ2) is 8.63. The number of nitrogens with one attached hydrogen (secondary N) is 1. The van der Waals surface area contributed by atoms with Crippen molar-refractivity contribution in [3.05, 3.63) is 58.6 Å². The number of methoxy groups -OCH3 is 1. The highest BCUT2D eigenvalue weighted by Gasteiger charge is 2.30. The van der Waals surface area contributed by atoms with Crippen LogP contribution in [0, 0.1) is 6.92 Å². The number of ether oxygens (including phenoxy) is 1. The minimum absolute atomic E-state index is 0.277. The molecule has 0 unspecified atom stereocenters. The number of nitrogens with zero attached hydrogens (tertiary/aromatic N) is 1. The fourth-order valence-electron chi connectivity index (χ4n) is 2.68. The molecule has 0 aliphatic rings. The highest BCUT2D eigenvalue weighted by Crippen LogP contribution is 2.28. The van der Waals surface area contributed by atoms with Gasteiger partial charge in [0.15, 0.2) is 0 Å². The topological polar surface area (TPSA) is 75.7 Å². The molecular weight excluding hydrogens is 388 g/mol. The molecule has 6 nitrogen and oxygen atoms in total. The highest BCUT2D eigenvalue weighted by atomic mass is 35.5. The second-order valence-electron chi connectivity index (χ2n) is 6.23. The summed E-state index contributed by atoms with van der Waals surface area (Å²) < 4.78 is 30.9. The maximum absolute atomic E-state index is 12.6. The molecule has 1 N–H and O–H groups in total. The van der Waals surface area contributed by atoms with Gasteiger partial charge in [-0.3, -0.25) is 9.10 Å². The molecule has 0 heterocycles. The van der Waals surface area contributed by atoms with Crippen LogP contribution < -0.4 is 14.4 Å². The normalized spacial score (nSPS) is 12.3. The second-order valence-corrected chi connectivity index (χ2v) is 8.53. The fraction of sp³-hybridized carbons (Fsp3) is 0.316. The molecule has 8 heteroatoms. The number of carbonyl (C=O) groups excluding carboxylic acids is 1. The Kier molecular flexibility index (Phi) is 6.73. The van der Waals surface area contributed by atoms with E-state index in [1.807, 2.05) is 12.1 Å². The predicted octanol–water partition coefficient (Wildman–Crippen LogP) is 3.13. The van der Waals surface area contributed by atoms with Gasteiger partial charge >= 0.3 is 0 Å². The summed E-state index contributed by atoms with van der Waals surface area (Å²) in [5.41, 5.74) is 1.97. The van der Waals surface area contributed by atoms with Gasteiger partial charge in [-0.25, -0.2) is 8.42 Å². The van der Waals surface area contributed by atoms with Crippen molar-refractivity contribution in [3.63, 3.8) is 0 Å². The van der Waals surface area contributed by atoms with Crippen LogP contribution in [0.3, 0.4) is 0 Å². The van der Waals surface area contributed by atoms with Crippen molar-refractivity contribution < 1.29 is 17.9 Å². The molecule has 1 atom stereocenters. The standard InChI is InChI=1S/C19H23ClN2O4S/c1-13-5-8-16(20)11-18(13)22(27(4,24)25)14(2)19(23)21-12-15-6-9-17(26-3)10-7-15/h5-11,14H,12H2,1-4H3,(H,21,23)/t14-/m0/s1. The number of sulfonamides is 1. The maximum Gasteiger partial charge on any atom is 0.243 e. The number of rotatable bonds is 7. The van der Waals surface area contributed by atoms with Crippen molar-refractivity contribution in [3.8, 4) is 5.75 Å². The average Bonchev–Trinajstić information content (AvgIpc) is 2.62. The first-order valence-electron chi connectivity index (χ1n) is 8.29. The molecule has 0 saturated heterocycles. The third-order valence-corrected chi connectivity index (χ3v) is 5.59. The lowest BCUT2D eigenvalue weighted by Crippen LogP contribution is -2.48. The van der Waals surface area contributed by atoms with Crippen molar-refractivity contribution in [2.45, 2.75) is 26.4 Å². The molecule has 1 amide bonds. The molecule has 0 aliphatic carbocycles. The number of halogens is 1. The summed E-state index contributed by atoms with van der Waals surface area (Å²) in [5.74, 6) is 0.314. The van der Waals surface area contributed by atoms with Crippen LogP contribution in [0.4, 0.5) is 5.69 Å². The van der Waals surface area contributed by atoms with E-state index in [1.165, 1.54) is 0 Å². The van der Waals surface area contributed by atoms with Gasteiger partial charge in [-0.1, -0.05) is 29.8 Å². The number of aryl methyl sites for hydroxylation is 1. The number of carbonyl (C=O) groups is 1. The summed E-state index contributed by atoms with van der Waals surface area (Å²) in [6, 6.07) is 11.3. The summed E-state index contributed by atoms with van der Waals surface area (Å²) in [6.45, 7) is 3.59. The van der Waals surface area contributed by atoms with Gasteiger partial charge in [-0.2, -0.15) is 0 Å². The zero-order valence-corrected chi connectivity index (χ0v) is 17.3. The molecule has 0 radical (unpaired) electrons. The van der Waals surface area contributed by atoms with Crippen LogP contribution in [-0.4, -0.2) is 33.7 Å². The van der Waals surface area contributed by atoms with Crippen molar-refractivity contribution in [1.29, 1.82) is 0 Å². The van der Waals surface area contributed by atoms with Gasteiger partial charge in [0.05, 0.1) is 19.1 Å². The van der Waals surface area contributed by atoms with Gasteiger partial charge in [0, 0.05) is 11.6 Å². The van der Waals surface area contributed by atoms with E-state index >= 15 is 0 Å². The Morgan fingerprint density at radius 3 is 2.41 bits per heavy atom. The quantitative estimate of drug-likeness (QED) is 0.760. The number of benzene rings is 2. The van der Waals surface area contributed by atoms with Gasteiger partial charge in [-0.05, 0) is 49.2 Å². The van der Waals surface area contributed by atoms with Crippen molar-refractivity contribution in [2.24, 2.45) is 0 Å². The van der Waals surface area contributed by atoms with Crippen LogP contribution >= 0.6 is 11.6 Å². The van der Waals surface area contributed by atoms with E-state index in [1.54, 1.807) is 51.3 Å². The minimum atomic E-state index is -3.70. The average molecular weight is 411 g/mol. The van der Waals surface area contributed by atoms with E-state index in [-0.39, 0.29) is 6.54 Å². The smallest absolute Gasteiger partial charge is 0.243 e. The third-order valence-electron chi connectivity index (χ3n) is 4.12. The van der Waals surface area contributed by atoms with Crippen LogP contribution in [0.25, 0.3) is 0 Å². The summed E-state index contributed by atoms with van der Waals surface area (Å²) in [7, 11) is -2.12. The Morgan fingerprint density at radius 1 is 1.22 bits per heavy atom. The Bertz CT molecular complexity index is 914. The first-order valence-corrected chi connectivity index (χ1v) is 10.5. The number of hydrogen-bond donors (Lipinski definition) is 1. The maximum atomic E-state index is 12.6. The molecule has 0 saturated carbocycles. The monoisotopic (exact) mass is 410 g/mol. The van der Waals surface area contributed by atoms with Crippen LogP contribution in [-0.2, 0) is 21.4 Å². The summed E-state index contributed by atoms with van der Waals surface area (Å²) >= 11 is 6.03. The lowest BCUT2D eigenvalue weighted by molar-refractivity contribution is -0.122. The Labute approximate surface area is 165 Å². The van der Waals surface area contributed by atoms with Crippen molar-refractivity contribution in [2.75, 3.05) is 17.7 Å². The zero-order valence-electron chi connectivity index (χ0n) is 15.7. The van der Waals surface area contributed by atoms with Gasteiger partial charge in [0.1, 0.15) is 11.8 Å². The van der Waals surface area contributed by atoms with Gasteiger partial charge < -0.3 is 10.1 Å². The number of hydrogen-bond acceptors (Lipinski definition) is 4. The van der Waals surface area contributed by atoms with Gasteiger partial charge in [0.2, 0.25) is 15.9 Å². The van der Waals surface area contributed by atoms with E-state index in [0.717, 1.165) is 21.9 Å². The van der Waals surface area contributed by atoms with E-state index in [9.17, 15) is 13.2 Å². The van der Waals surface area contributed by atoms with Crippen LogP contribution in [0.1, 0.15) is 18.1 Å². The van der Waals surface area contributed by atoms with Gasteiger partial charge in [0.25, 0.3) is 0 Å². The lowest BCUT2D eigenvalue weighted by Gasteiger charge is -2.29. The first-order chi connectivity index (χ1) is 12.6. The molecule has 27 heavy (non-hydrogen) atoms. The molecule has 0 spiro atoms. The Morgan fingerprint density at radius 2 is 1.85 bits per heavy atom. The molecule has 0 fully saturated rings. The predicted molar refractivity (Wildman–Crippen MR) is 108 cm³/mol. The van der Waals surface area contributed by atoms with Crippen molar-refractivity contribution in [1.82, 2.24) is 5.32 Å². The van der Waals surface area contributed by atoms with Crippen LogP contribution in [0.2, 0.25) is 5.02 Å². The van der Waals surface area contributed by atoms with Crippen molar-refractivity contribution >= 4 is 33.2 Å². The number of anilines is 1. The van der Waals surface area contributed by atoms with E-state index in [4.69, 9.17) is 16.3 Å². The summed E-state index contributed by atoms with van der Waals surface area (Å²) in [6.07, 6.45) is 1.07. The molecule has 0 aromatic heterocycles. The zero-order chi connectivity index (χ0) is 20.2. The number of amides is 1. The summed E-state index contributed by atoms with van der Waals surface area (Å²) in [4.78, 5) is 12.6. The molecule has 2 aromatic rings. The van der Waals surface area contributed by atoms with Crippen LogP contribution in [0.15, 0.2) is 42.5 Å². The highest BCUT2D eigenvalue weighted by molar-refractivity contribution is 7.92. The largest absolute Gasteiger partial charge is 0.497 e. The fourth-order valence-corrected chi connectivity index (χ4v) is 4.07. The molecular formula is C19H23ClN2O4S. The minimum Gasteiger partial charge on any atom is -0.497 e. The molecule has 0 bridgehead atoms. The molecule has 0 aliphatic heterocycles. The Hall–Kier alpha value is -2.25. The molecule has 2 aromatic carbocycles. The third kappa shape index (κ3) is 5.37. The Balaban J connectivity index is 2.20. The van der Waals surface area contributed by atoms with E-state index < -0.39 is 22.0 Å². The van der Waals surface area contributed by atoms with E-state index in [2.05, 4.69) is 5.32 Å².